The molecule has 0 fully saturated rings. The molecule has 43 heavy (non-hydrogen) atoms. The molecule has 0 aliphatic carbocycles. The van der Waals surface area contributed by atoms with Gasteiger partial charge in [-0.2, -0.15) is 0 Å². The first-order valence-corrected chi connectivity index (χ1v) is 15.0. The van der Waals surface area contributed by atoms with Gasteiger partial charge in [-0.3, -0.25) is 9.78 Å². The number of nitrogens with zero attached hydrogens (tertiary/aromatic N) is 7. The Bertz CT molecular complexity index is 1660. The molecule has 5 aromatic rings. The van der Waals surface area contributed by atoms with Gasteiger partial charge in [0, 0.05) is 30.3 Å². The van der Waals surface area contributed by atoms with Gasteiger partial charge in [0.25, 0.3) is 0 Å². The number of pyridine rings is 1. The fourth-order valence-electron chi connectivity index (χ4n) is 5.12. The molecule has 0 saturated heterocycles. The Balaban J connectivity index is 1.43. The highest BCUT2D eigenvalue weighted by atomic mass is 35.5. The van der Waals surface area contributed by atoms with Crippen LogP contribution in [0.5, 0.6) is 0 Å². The molecule has 0 bridgehead atoms. The number of ketones is 1. The number of imidazole rings is 1. The maximum Gasteiger partial charge on any atom is 0.230 e. The van der Waals surface area contributed by atoms with Gasteiger partial charge in [-0.15, -0.1) is 5.10 Å². The van der Waals surface area contributed by atoms with E-state index >= 15 is 0 Å². The summed E-state index contributed by atoms with van der Waals surface area (Å²) in [5.74, 6) is 1.06. The highest BCUT2D eigenvalue weighted by molar-refractivity contribution is 6.33. The van der Waals surface area contributed by atoms with Gasteiger partial charge in [-0.05, 0) is 59.5 Å². The van der Waals surface area contributed by atoms with Gasteiger partial charge in [0.1, 0.15) is 23.8 Å². The van der Waals surface area contributed by atoms with Crippen molar-refractivity contribution in [3.63, 3.8) is 0 Å². The van der Waals surface area contributed by atoms with Crippen molar-refractivity contribution in [2.75, 3.05) is 13.1 Å². The number of unbranched alkanes of at least 4 members (excludes halogenated alkanes) is 1. The summed E-state index contributed by atoms with van der Waals surface area (Å²) in [6, 6.07) is 19.6. The average Bonchev–Trinajstić information content (AvgIpc) is 3.68. The Morgan fingerprint density at radius 3 is 2.33 bits per heavy atom. The summed E-state index contributed by atoms with van der Waals surface area (Å²) < 4.78 is 1.57. The lowest BCUT2D eigenvalue weighted by Crippen LogP contribution is -2.40. The van der Waals surface area contributed by atoms with Crippen molar-refractivity contribution in [1.82, 2.24) is 35.2 Å². The standard InChI is InChI=1S/C32H35ClN8O2/c1-4-7-12-28-35-31(33)29(30(42)27-18-15-23(19-34-27)21-41(43,5-2)6-3)40(28)20-22-13-16-24(17-14-22)25-10-8-9-11-26(25)32-36-38-39-37-32/h8-11,13-19H,4-7,12,20-21H2,1-3H3,(H,36,37,38,39). The minimum Gasteiger partial charge on any atom is -0.633 e. The number of quaternary nitrogens is 1. The number of carbonyl (C=O) groups excluding carboxylic acids is 1. The first-order valence-electron chi connectivity index (χ1n) is 14.6. The summed E-state index contributed by atoms with van der Waals surface area (Å²) in [4.78, 5) is 22.8. The largest absolute Gasteiger partial charge is 0.633 e. The Kier molecular flexibility index (Phi) is 9.40. The highest BCUT2D eigenvalue weighted by Gasteiger charge is 2.25. The Morgan fingerprint density at radius 2 is 1.70 bits per heavy atom. The lowest BCUT2D eigenvalue weighted by molar-refractivity contribution is -0.890. The van der Waals surface area contributed by atoms with E-state index in [-0.39, 0.29) is 21.3 Å². The van der Waals surface area contributed by atoms with E-state index in [4.69, 9.17) is 11.6 Å². The number of aryl methyl sites for hydroxylation is 1. The second-order valence-electron chi connectivity index (χ2n) is 10.6. The molecule has 0 saturated carbocycles. The van der Waals surface area contributed by atoms with Crippen molar-refractivity contribution in [2.24, 2.45) is 0 Å². The van der Waals surface area contributed by atoms with E-state index in [9.17, 15) is 10.0 Å². The summed E-state index contributed by atoms with van der Waals surface area (Å²) >= 11 is 6.62. The van der Waals surface area contributed by atoms with Gasteiger partial charge in [0.15, 0.2) is 11.0 Å². The third-order valence-corrected chi connectivity index (χ3v) is 8.05. The maximum atomic E-state index is 13.8. The molecule has 0 amide bonds. The molecule has 5 rings (SSSR count). The summed E-state index contributed by atoms with van der Waals surface area (Å²) in [7, 11) is 0. The average molecular weight is 599 g/mol. The number of hydrogen-bond acceptors (Lipinski definition) is 7. The number of aromatic amines is 1. The monoisotopic (exact) mass is 598 g/mol. The summed E-state index contributed by atoms with van der Waals surface area (Å²) in [6.45, 7) is 7.55. The predicted octanol–water partition coefficient (Wildman–Crippen LogP) is 6.25. The van der Waals surface area contributed by atoms with Crippen molar-refractivity contribution >= 4 is 17.4 Å². The molecule has 0 unspecified atom stereocenters. The fraction of sp³-hybridized carbons (Fsp3) is 0.312. The lowest BCUT2D eigenvalue weighted by Gasteiger charge is -2.40. The van der Waals surface area contributed by atoms with Gasteiger partial charge in [0.2, 0.25) is 5.78 Å². The van der Waals surface area contributed by atoms with Crippen LogP contribution in [0.2, 0.25) is 5.15 Å². The van der Waals surface area contributed by atoms with Crippen molar-refractivity contribution < 1.29 is 9.44 Å². The second kappa shape index (κ2) is 13.4. The summed E-state index contributed by atoms with van der Waals surface area (Å²) in [5, 5.41) is 27.3. The zero-order valence-electron chi connectivity index (χ0n) is 24.6. The van der Waals surface area contributed by atoms with E-state index in [2.05, 4.69) is 37.5 Å². The van der Waals surface area contributed by atoms with Crippen molar-refractivity contribution in [2.45, 2.75) is 53.1 Å². The third kappa shape index (κ3) is 6.72. The first-order chi connectivity index (χ1) is 20.9. The van der Waals surface area contributed by atoms with Crippen LogP contribution in [0, 0.1) is 5.21 Å². The van der Waals surface area contributed by atoms with Crippen LogP contribution < -0.4 is 0 Å². The van der Waals surface area contributed by atoms with Gasteiger partial charge in [-0.25, -0.2) is 10.1 Å². The summed E-state index contributed by atoms with van der Waals surface area (Å²) in [5.41, 5.74) is 5.28. The van der Waals surface area contributed by atoms with Crippen LogP contribution in [-0.4, -0.2) is 58.7 Å². The molecule has 0 aliphatic heterocycles. The molecule has 0 radical (unpaired) electrons. The fourth-order valence-corrected chi connectivity index (χ4v) is 5.41. The van der Waals surface area contributed by atoms with E-state index in [1.54, 1.807) is 18.3 Å². The lowest BCUT2D eigenvalue weighted by atomic mass is 9.98. The number of tetrazole rings is 1. The Morgan fingerprint density at radius 1 is 0.977 bits per heavy atom. The number of H-pyrrole nitrogens is 1. The number of hydroxylamine groups is 3. The molecule has 1 N–H and O–H groups in total. The van der Waals surface area contributed by atoms with Crippen molar-refractivity contribution in [3.8, 4) is 22.5 Å². The second-order valence-corrected chi connectivity index (χ2v) is 10.9. The molecular weight excluding hydrogens is 564 g/mol. The van der Waals surface area contributed by atoms with Crippen LogP contribution >= 0.6 is 11.6 Å². The topological polar surface area (TPSA) is 125 Å². The van der Waals surface area contributed by atoms with Crippen LogP contribution in [0.4, 0.5) is 0 Å². The minimum absolute atomic E-state index is 0.167. The van der Waals surface area contributed by atoms with Crippen LogP contribution in [0.25, 0.3) is 22.5 Å². The zero-order valence-corrected chi connectivity index (χ0v) is 25.4. The molecule has 2 aromatic carbocycles. The van der Waals surface area contributed by atoms with Gasteiger partial charge < -0.3 is 14.4 Å². The molecule has 3 aromatic heterocycles. The number of benzene rings is 2. The van der Waals surface area contributed by atoms with E-state index in [1.165, 1.54) is 0 Å². The van der Waals surface area contributed by atoms with Crippen LogP contribution in [0.3, 0.4) is 0 Å². The van der Waals surface area contributed by atoms with Crippen molar-refractivity contribution in [3.05, 3.63) is 106 Å². The number of aromatic nitrogens is 7. The number of carbonyl (C=O) groups is 1. The van der Waals surface area contributed by atoms with Gasteiger partial charge in [0.05, 0.1) is 13.1 Å². The quantitative estimate of drug-likeness (QED) is 0.0963. The smallest absolute Gasteiger partial charge is 0.230 e. The van der Waals surface area contributed by atoms with Crippen molar-refractivity contribution in [1.29, 1.82) is 0 Å². The van der Waals surface area contributed by atoms with E-state index in [0.29, 0.717) is 44.1 Å². The molecule has 11 heteroatoms. The number of halogens is 1. The highest BCUT2D eigenvalue weighted by Crippen LogP contribution is 2.30. The normalized spacial score (nSPS) is 11.7. The van der Waals surface area contributed by atoms with E-state index < -0.39 is 0 Å². The maximum absolute atomic E-state index is 13.8. The number of hydrogen-bond donors (Lipinski definition) is 1. The predicted molar refractivity (Wildman–Crippen MR) is 166 cm³/mol. The zero-order chi connectivity index (χ0) is 30.4. The SMILES string of the molecule is CCCCc1nc(Cl)c(C(=O)c2ccc(C[N+]([O-])(CC)CC)cn2)n1Cc1ccc(-c2ccccc2-c2nnn[nH]2)cc1. The molecular formula is C32H35ClN8O2. The number of rotatable bonds is 13. The third-order valence-electron chi connectivity index (χ3n) is 7.79. The molecule has 0 spiro atoms. The molecule has 3 heterocycles. The van der Waals surface area contributed by atoms with Gasteiger partial charge >= 0.3 is 0 Å². The molecule has 0 atom stereocenters. The Hall–Kier alpha value is -4.25. The first kappa shape index (κ1) is 30.2. The Labute approximate surface area is 255 Å². The van der Waals surface area contributed by atoms with Crippen LogP contribution in [-0.2, 0) is 19.5 Å². The summed E-state index contributed by atoms with van der Waals surface area (Å²) in [6.07, 6.45) is 4.22. The van der Waals surface area contributed by atoms with E-state index in [0.717, 1.165) is 46.5 Å². The van der Waals surface area contributed by atoms with Gasteiger partial charge in [-0.1, -0.05) is 73.5 Å². The van der Waals surface area contributed by atoms with Crippen LogP contribution in [0.15, 0.2) is 66.9 Å². The van der Waals surface area contributed by atoms with Crippen LogP contribution in [0.1, 0.15) is 66.7 Å². The molecule has 10 nitrogen and oxygen atoms in total. The minimum atomic E-state index is -0.337. The molecule has 222 valence electrons. The molecule has 0 aliphatic rings. The number of nitrogens with one attached hydrogen (secondary N) is 1. The van der Waals surface area contributed by atoms with E-state index in [1.807, 2.05) is 66.9 Å².